The quantitative estimate of drug-likeness (QED) is 0.779. The molecule has 0 saturated carbocycles. The van der Waals surface area contributed by atoms with E-state index in [9.17, 15) is 13.2 Å². The zero-order chi connectivity index (χ0) is 15.6. The van der Waals surface area contributed by atoms with Gasteiger partial charge in [0.25, 0.3) is 5.91 Å². The Morgan fingerprint density at radius 3 is 2.43 bits per heavy atom. The van der Waals surface area contributed by atoms with E-state index in [1.807, 2.05) is 0 Å². The highest BCUT2D eigenvalue weighted by Crippen LogP contribution is 2.24. The minimum atomic E-state index is -3.92. The summed E-state index contributed by atoms with van der Waals surface area (Å²) in [6.45, 7) is 0. The Morgan fingerprint density at radius 1 is 1.10 bits per heavy atom. The fourth-order valence-corrected chi connectivity index (χ4v) is 3.16. The summed E-state index contributed by atoms with van der Waals surface area (Å²) >= 11 is 6.56. The second kappa shape index (κ2) is 6.27. The monoisotopic (exact) mass is 432 g/mol. The molecule has 1 amide bonds. The van der Waals surface area contributed by atoms with E-state index < -0.39 is 15.9 Å². The molecule has 0 fully saturated rings. The van der Waals surface area contributed by atoms with E-state index in [-0.39, 0.29) is 10.6 Å². The van der Waals surface area contributed by atoms with Crippen LogP contribution in [0.1, 0.15) is 10.4 Å². The molecule has 0 spiro atoms. The average Bonchev–Trinajstić information content (AvgIpc) is 2.41. The van der Waals surface area contributed by atoms with Crippen LogP contribution in [0.15, 0.2) is 56.3 Å². The summed E-state index contributed by atoms with van der Waals surface area (Å²) in [6.07, 6.45) is 0. The summed E-state index contributed by atoms with van der Waals surface area (Å²) in [5, 5.41) is 7.68. The molecule has 0 unspecified atom stereocenters. The number of primary sulfonamides is 1. The number of sulfonamides is 1. The summed E-state index contributed by atoms with van der Waals surface area (Å²) < 4.78 is 24.3. The Labute approximate surface area is 138 Å². The van der Waals surface area contributed by atoms with Crippen LogP contribution in [0.5, 0.6) is 0 Å². The molecule has 3 N–H and O–H groups in total. The molecule has 0 atom stereocenters. The Morgan fingerprint density at radius 2 is 1.76 bits per heavy atom. The Kier molecular flexibility index (Phi) is 4.82. The molecule has 2 rings (SSSR count). The fourth-order valence-electron chi connectivity index (χ4n) is 1.68. The lowest BCUT2D eigenvalue weighted by atomic mass is 10.2. The van der Waals surface area contributed by atoms with Gasteiger partial charge in [0.15, 0.2) is 0 Å². The van der Waals surface area contributed by atoms with Crippen LogP contribution in [0, 0.1) is 0 Å². The first-order chi connectivity index (χ1) is 9.79. The maximum Gasteiger partial charge on any atom is 0.256 e. The molecule has 5 nitrogen and oxygen atoms in total. The smallest absolute Gasteiger partial charge is 0.256 e. The molecule has 2 aromatic carbocycles. The van der Waals surface area contributed by atoms with Gasteiger partial charge in [-0.3, -0.25) is 4.79 Å². The molecular weight excluding hydrogens is 424 g/mol. The minimum Gasteiger partial charge on any atom is -0.321 e. The van der Waals surface area contributed by atoms with Crippen LogP contribution in [0.2, 0.25) is 0 Å². The SMILES string of the molecule is NS(=O)(=O)c1ccccc1NC(=O)c1cc(Br)ccc1Br. The number of benzene rings is 2. The van der Waals surface area contributed by atoms with Crippen molar-refractivity contribution in [2.24, 2.45) is 5.14 Å². The van der Waals surface area contributed by atoms with Gasteiger partial charge in [0.2, 0.25) is 10.0 Å². The van der Waals surface area contributed by atoms with Crippen LogP contribution in [-0.4, -0.2) is 14.3 Å². The van der Waals surface area contributed by atoms with Crippen LogP contribution < -0.4 is 10.5 Å². The molecule has 0 saturated heterocycles. The largest absolute Gasteiger partial charge is 0.321 e. The lowest BCUT2D eigenvalue weighted by molar-refractivity contribution is 0.102. The standard InChI is InChI=1S/C13H10Br2N2O3S/c14-8-5-6-10(15)9(7-8)13(18)17-11-3-1-2-4-12(11)21(16,19)20/h1-7H,(H,17,18)(H2,16,19,20). The molecule has 0 radical (unpaired) electrons. The molecule has 110 valence electrons. The van der Waals surface area contributed by atoms with Crippen molar-refractivity contribution in [1.29, 1.82) is 0 Å². The van der Waals surface area contributed by atoms with E-state index in [0.29, 0.717) is 10.0 Å². The molecule has 2 aromatic rings. The first kappa shape index (κ1) is 16.2. The number of rotatable bonds is 3. The third-order valence-electron chi connectivity index (χ3n) is 2.61. The number of hydrogen-bond donors (Lipinski definition) is 2. The van der Waals surface area contributed by atoms with Crippen LogP contribution in [-0.2, 0) is 10.0 Å². The summed E-state index contributed by atoms with van der Waals surface area (Å²) in [4.78, 5) is 12.1. The van der Waals surface area contributed by atoms with Gasteiger partial charge in [0.1, 0.15) is 4.90 Å². The van der Waals surface area contributed by atoms with Crippen LogP contribution in [0.25, 0.3) is 0 Å². The molecule has 0 heterocycles. The molecule has 8 heteroatoms. The first-order valence-corrected chi connectivity index (χ1v) is 8.80. The van der Waals surface area contributed by atoms with Gasteiger partial charge in [-0.1, -0.05) is 28.1 Å². The summed E-state index contributed by atoms with van der Waals surface area (Å²) in [5.41, 5.74) is 0.505. The van der Waals surface area contributed by atoms with E-state index in [0.717, 1.165) is 4.47 Å². The number of carbonyl (C=O) groups excluding carboxylic acids is 1. The molecule has 0 bridgehead atoms. The predicted molar refractivity (Wildman–Crippen MR) is 87.6 cm³/mol. The van der Waals surface area contributed by atoms with Crippen molar-refractivity contribution in [3.8, 4) is 0 Å². The van der Waals surface area contributed by atoms with Crippen molar-refractivity contribution in [1.82, 2.24) is 0 Å². The third kappa shape index (κ3) is 3.91. The van der Waals surface area contributed by atoms with Gasteiger partial charge < -0.3 is 5.32 Å². The van der Waals surface area contributed by atoms with E-state index in [1.54, 1.807) is 24.3 Å². The highest BCUT2D eigenvalue weighted by atomic mass is 79.9. The van der Waals surface area contributed by atoms with Gasteiger partial charge in [0, 0.05) is 8.95 Å². The number of para-hydroxylation sites is 1. The zero-order valence-electron chi connectivity index (χ0n) is 10.5. The number of hydrogen-bond acceptors (Lipinski definition) is 3. The highest BCUT2D eigenvalue weighted by Gasteiger charge is 2.17. The molecular formula is C13H10Br2N2O3S. The number of halogens is 2. The van der Waals surface area contributed by atoms with Gasteiger partial charge in [-0.15, -0.1) is 0 Å². The lowest BCUT2D eigenvalue weighted by Crippen LogP contribution is -2.18. The van der Waals surface area contributed by atoms with Crippen LogP contribution in [0.4, 0.5) is 5.69 Å². The number of amides is 1. The lowest BCUT2D eigenvalue weighted by Gasteiger charge is -2.10. The molecule has 0 aliphatic rings. The van der Waals surface area contributed by atoms with Gasteiger partial charge in [-0.25, -0.2) is 13.6 Å². The maximum atomic E-state index is 12.3. The van der Waals surface area contributed by atoms with Crippen LogP contribution in [0.3, 0.4) is 0 Å². The summed E-state index contributed by atoms with van der Waals surface area (Å²) in [6, 6.07) is 11.1. The number of nitrogens with two attached hydrogens (primary N) is 1. The molecule has 0 aliphatic carbocycles. The second-order valence-electron chi connectivity index (χ2n) is 4.12. The van der Waals surface area contributed by atoms with Gasteiger partial charge in [-0.2, -0.15) is 0 Å². The Bertz CT molecular complexity index is 807. The van der Waals surface area contributed by atoms with E-state index in [1.165, 1.54) is 18.2 Å². The Balaban J connectivity index is 2.39. The summed E-state index contributed by atoms with van der Waals surface area (Å²) in [7, 11) is -3.92. The van der Waals surface area contributed by atoms with Crippen molar-refractivity contribution in [3.63, 3.8) is 0 Å². The van der Waals surface area contributed by atoms with Gasteiger partial charge >= 0.3 is 0 Å². The fraction of sp³-hybridized carbons (Fsp3) is 0. The van der Waals surface area contributed by atoms with Crippen molar-refractivity contribution >= 4 is 53.5 Å². The highest BCUT2D eigenvalue weighted by molar-refractivity contribution is 9.11. The topological polar surface area (TPSA) is 89.3 Å². The molecule has 0 aromatic heterocycles. The zero-order valence-corrected chi connectivity index (χ0v) is 14.5. The van der Waals surface area contributed by atoms with E-state index >= 15 is 0 Å². The van der Waals surface area contributed by atoms with Crippen molar-refractivity contribution in [3.05, 3.63) is 57.0 Å². The van der Waals surface area contributed by atoms with E-state index in [2.05, 4.69) is 37.2 Å². The maximum absolute atomic E-state index is 12.3. The molecule has 0 aliphatic heterocycles. The number of carbonyl (C=O) groups is 1. The molecule has 21 heavy (non-hydrogen) atoms. The van der Waals surface area contributed by atoms with Crippen molar-refractivity contribution in [2.75, 3.05) is 5.32 Å². The predicted octanol–water partition coefficient (Wildman–Crippen LogP) is 3.11. The first-order valence-electron chi connectivity index (χ1n) is 5.67. The van der Waals surface area contributed by atoms with Crippen LogP contribution >= 0.6 is 31.9 Å². The summed E-state index contributed by atoms with van der Waals surface area (Å²) in [5.74, 6) is -0.445. The number of nitrogens with one attached hydrogen (secondary N) is 1. The average molecular weight is 434 g/mol. The van der Waals surface area contributed by atoms with Crippen molar-refractivity contribution < 1.29 is 13.2 Å². The van der Waals surface area contributed by atoms with E-state index in [4.69, 9.17) is 5.14 Å². The Hall–Kier alpha value is -1.22. The van der Waals surface area contributed by atoms with Gasteiger partial charge in [-0.05, 0) is 46.3 Å². The minimum absolute atomic E-state index is 0.135. The van der Waals surface area contributed by atoms with Gasteiger partial charge in [0.05, 0.1) is 11.3 Å². The normalized spacial score (nSPS) is 11.2. The number of anilines is 1. The second-order valence-corrected chi connectivity index (χ2v) is 7.42. The third-order valence-corrected chi connectivity index (χ3v) is 4.77. The van der Waals surface area contributed by atoms with Crippen molar-refractivity contribution in [2.45, 2.75) is 4.90 Å².